The lowest BCUT2D eigenvalue weighted by Crippen LogP contribution is -2.63. The molecule has 2 N–H and O–H groups in total. The van der Waals surface area contributed by atoms with Crippen LogP contribution in [0.1, 0.15) is 120 Å². The van der Waals surface area contributed by atoms with E-state index in [1.54, 1.807) is 6.07 Å². The minimum absolute atomic E-state index is 0.0490. The van der Waals surface area contributed by atoms with Gasteiger partial charge in [-0.1, -0.05) is 20.8 Å². The van der Waals surface area contributed by atoms with Gasteiger partial charge in [-0.2, -0.15) is 5.26 Å². The number of hydrogen-bond acceptors (Lipinski definition) is 9. The molecule has 3 aliphatic heterocycles. The van der Waals surface area contributed by atoms with Crippen molar-refractivity contribution >= 4 is 63.2 Å². The minimum Gasteiger partial charge on any atom is -0.469 e. The average molecular weight is 791 g/mol. The summed E-state index contributed by atoms with van der Waals surface area (Å²) in [5, 5.41) is 11.1. The Morgan fingerprint density at radius 2 is 1.59 bits per heavy atom. The van der Waals surface area contributed by atoms with Gasteiger partial charge in [0.1, 0.15) is 6.29 Å². The number of carbonyl (C=O) groups is 3. The van der Waals surface area contributed by atoms with Crippen LogP contribution < -0.4 is 4.90 Å². The number of aromatic amines is 2. The van der Waals surface area contributed by atoms with E-state index in [-0.39, 0.29) is 31.2 Å². The number of allylic oxidation sites excluding steroid dienone is 2. The zero-order valence-electron chi connectivity index (χ0n) is 35.3. The van der Waals surface area contributed by atoms with Crippen molar-refractivity contribution in [3.63, 3.8) is 0 Å². The highest BCUT2D eigenvalue weighted by Gasteiger charge is 2.67. The first-order valence-electron chi connectivity index (χ1n) is 20.4. The van der Waals surface area contributed by atoms with Crippen molar-refractivity contribution in [3.05, 3.63) is 104 Å². The molecule has 11 heteroatoms. The second-order valence-corrected chi connectivity index (χ2v) is 16.3. The van der Waals surface area contributed by atoms with Gasteiger partial charge in [0.2, 0.25) is 0 Å². The average Bonchev–Trinajstić information content (AvgIpc) is 3.90. The van der Waals surface area contributed by atoms with Crippen LogP contribution >= 0.6 is 0 Å². The van der Waals surface area contributed by atoms with E-state index in [2.05, 4.69) is 80.7 Å². The molecule has 6 heterocycles. The van der Waals surface area contributed by atoms with Gasteiger partial charge in [0.15, 0.2) is 0 Å². The van der Waals surface area contributed by atoms with Gasteiger partial charge >= 0.3 is 11.9 Å². The van der Waals surface area contributed by atoms with Crippen molar-refractivity contribution in [3.8, 4) is 6.07 Å². The summed E-state index contributed by atoms with van der Waals surface area (Å²) < 4.78 is 10.4. The number of rotatable bonds is 9. The van der Waals surface area contributed by atoms with Crippen molar-refractivity contribution in [2.75, 3.05) is 26.2 Å². The molecule has 0 spiro atoms. The van der Waals surface area contributed by atoms with E-state index in [0.29, 0.717) is 29.7 Å². The number of nitrogens with zero attached hydrogens (tertiary/aromatic N) is 4. The van der Waals surface area contributed by atoms with Crippen molar-refractivity contribution in [1.82, 2.24) is 19.9 Å². The topological polar surface area (TPSA) is 154 Å². The monoisotopic (exact) mass is 790 g/mol. The number of fused-ring (bicyclic) bond motifs is 11. The van der Waals surface area contributed by atoms with Crippen LogP contribution in [0, 0.1) is 25.2 Å². The van der Waals surface area contributed by atoms with Gasteiger partial charge < -0.3 is 24.3 Å². The Hall–Kier alpha value is -6.28. The standard InChI is InChI=1S/C48H50N6O5/c1-10-30-25(3)35-20-36-27(5)32(13-15-42(56)58-8)39(51-36)22-41-48(17-16-43(57)59-9)34-18-28(24-55)12-14-40(34)54(7)46-29(23-49)19-33(45(53-41)47(46,48)6)44-31(11-2)26(4)37(52-44)21-38(30)50-35/h12,14,18-22,24,46,50-51H,10-11,13,15-17H2,1-9H3. The number of anilines is 1. The summed E-state index contributed by atoms with van der Waals surface area (Å²) in [5.74, 6) is -0.699. The van der Waals surface area contributed by atoms with E-state index < -0.39 is 16.9 Å². The Labute approximate surface area is 344 Å². The van der Waals surface area contributed by atoms with Crippen LogP contribution in [0.5, 0.6) is 0 Å². The fraction of sp³-hybridized carbons (Fsp3) is 0.375. The predicted molar refractivity (Wildman–Crippen MR) is 230 cm³/mol. The lowest BCUT2D eigenvalue weighted by Gasteiger charge is -2.58. The number of likely N-dealkylation sites (N-methyl/N-ethyl adjacent to an activating group) is 1. The number of methoxy groups -OCH3 is 2. The quantitative estimate of drug-likeness (QED) is 0.125. The molecule has 0 saturated heterocycles. The van der Waals surface area contributed by atoms with Gasteiger partial charge in [-0.15, -0.1) is 0 Å². The minimum atomic E-state index is -1.05. The third-order valence-electron chi connectivity index (χ3n) is 13.8. The first-order valence-corrected chi connectivity index (χ1v) is 20.4. The maximum atomic E-state index is 13.3. The fourth-order valence-electron chi connectivity index (χ4n) is 10.7. The number of nitriles is 1. The highest BCUT2D eigenvalue weighted by Crippen LogP contribution is 2.65. The molecule has 1 aliphatic carbocycles. The summed E-state index contributed by atoms with van der Waals surface area (Å²) in [6.45, 7) is 12.7. The van der Waals surface area contributed by atoms with Crippen molar-refractivity contribution in [1.29, 1.82) is 5.26 Å². The summed E-state index contributed by atoms with van der Waals surface area (Å²) in [6, 6.07) is 14.1. The third kappa shape index (κ3) is 5.63. The van der Waals surface area contributed by atoms with Crippen LogP contribution in [0.3, 0.4) is 0 Å². The van der Waals surface area contributed by atoms with Gasteiger partial charge in [-0.25, -0.2) is 4.98 Å². The highest BCUT2D eigenvalue weighted by molar-refractivity contribution is 5.96. The second kappa shape index (κ2) is 14.5. The molecule has 0 amide bonds. The Bertz CT molecular complexity index is 2780. The molecule has 11 nitrogen and oxygen atoms in total. The van der Waals surface area contributed by atoms with Crippen LogP contribution in [-0.4, -0.2) is 65.5 Å². The fourth-order valence-corrected chi connectivity index (χ4v) is 10.7. The molecule has 59 heavy (non-hydrogen) atoms. The molecule has 3 atom stereocenters. The molecule has 4 aliphatic rings. The molecule has 4 aromatic rings. The van der Waals surface area contributed by atoms with Crippen LogP contribution in [0.2, 0.25) is 0 Å². The van der Waals surface area contributed by atoms with Crippen LogP contribution in [0.4, 0.5) is 5.69 Å². The van der Waals surface area contributed by atoms with E-state index in [1.807, 2.05) is 25.3 Å². The molecular formula is C48H50N6O5. The van der Waals surface area contributed by atoms with Crippen LogP contribution in [-0.2, 0) is 42.7 Å². The number of esters is 2. The van der Waals surface area contributed by atoms with Gasteiger partial charge in [-0.3, -0.25) is 19.4 Å². The Morgan fingerprint density at radius 1 is 0.915 bits per heavy atom. The van der Waals surface area contributed by atoms with Gasteiger partial charge in [0.25, 0.3) is 0 Å². The number of nitrogens with one attached hydrogen (secondary N) is 2. The van der Waals surface area contributed by atoms with Crippen molar-refractivity contribution < 1.29 is 23.9 Å². The van der Waals surface area contributed by atoms with Gasteiger partial charge in [0.05, 0.1) is 65.5 Å². The number of aromatic nitrogens is 4. The summed E-state index contributed by atoms with van der Waals surface area (Å²) in [4.78, 5) is 59.2. The van der Waals surface area contributed by atoms with E-state index in [0.717, 1.165) is 96.5 Å². The zero-order valence-corrected chi connectivity index (χ0v) is 35.3. The molecule has 0 fully saturated rings. The maximum absolute atomic E-state index is 13.3. The predicted octanol–water partition coefficient (Wildman–Crippen LogP) is 8.69. The zero-order chi connectivity index (χ0) is 42.1. The first-order chi connectivity index (χ1) is 28.3. The number of aryl methyl sites for hydroxylation is 4. The van der Waals surface area contributed by atoms with Crippen molar-refractivity contribution in [2.24, 2.45) is 0 Å². The second-order valence-electron chi connectivity index (χ2n) is 16.3. The van der Waals surface area contributed by atoms with E-state index in [4.69, 9.17) is 19.4 Å². The molecule has 3 aromatic heterocycles. The van der Waals surface area contributed by atoms with E-state index >= 15 is 0 Å². The molecule has 0 saturated carbocycles. The number of aldehydes is 1. The first kappa shape index (κ1) is 39.5. The van der Waals surface area contributed by atoms with Gasteiger partial charge in [0, 0.05) is 58.8 Å². The third-order valence-corrected chi connectivity index (χ3v) is 13.8. The summed E-state index contributed by atoms with van der Waals surface area (Å²) in [5.41, 5.74) is 14.5. The summed E-state index contributed by atoms with van der Waals surface area (Å²) in [7, 11) is 4.77. The molecule has 8 rings (SSSR count). The normalized spacial score (nSPS) is 20.2. The summed E-state index contributed by atoms with van der Waals surface area (Å²) in [6.07, 6.45) is 5.22. The molecule has 302 valence electrons. The molecule has 0 radical (unpaired) electrons. The number of benzene rings is 1. The van der Waals surface area contributed by atoms with Crippen LogP contribution in [0.25, 0.3) is 39.3 Å². The van der Waals surface area contributed by atoms with Crippen LogP contribution in [0.15, 0.2) is 42.0 Å². The Balaban J connectivity index is 1.64. The maximum Gasteiger partial charge on any atom is 0.305 e. The molecule has 1 aromatic carbocycles. The molecule has 8 bridgehead atoms. The smallest absolute Gasteiger partial charge is 0.305 e. The highest BCUT2D eigenvalue weighted by atomic mass is 16.5. The van der Waals surface area contributed by atoms with E-state index in [1.165, 1.54) is 19.8 Å². The van der Waals surface area contributed by atoms with E-state index in [9.17, 15) is 19.6 Å². The molecular weight excluding hydrogens is 741 g/mol. The SMILES string of the molecule is CCC1=C(C)c2cc3[nH]c(cc4[nH]c(cc5nc6c(c1n2)C=C(C#N)C1N(C)c2ccc(C=O)cc2C5(CCC(=O)OC)C61C)c(CCC(=O)OC)c4C)c(C)c3CC. The van der Waals surface area contributed by atoms with Crippen molar-refractivity contribution in [2.45, 2.75) is 96.9 Å². The number of hydrogen-bond donors (Lipinski definition) is 2. The number of H-pyrrole nitrogens is 2. The Morgan fingerprint density at radius 3 is 2.24 bits per heavy atom. The largest absolute Gasteiger partial charge is 0.469 e. The number of carbonyl (C=O) groups excluding carboxylic acids is 3. The summed E-state index contributed by atoms with van der Waals surface area (Å²) >= 11 is 0. The number of ether oxygens (including phenoxy) is 2. The lowest BCUT2D eigenvalue weighted by atomic mass is 9.49. The lowest BCUT2D eigenvalue weighted by molar-refractivity contribution is -0.141. The molecule has 3 unspecified atom stereocenters. The Kier molecular flexibility index (Phi) is 9.73. The van der Waals surface area contributed by atoms with Gasteiger partial charge in [-0.05, 0) is 128 Å².